The topological polar surface area (TPSA) is 17.8 Å². The maximum absolute atomic E-state index is 5.12. The fourth-order valence-corrected chi connectivity index (χ4v) is 8.72. The molecule has 1 aromatic heterocycles. The van der Waals surface area contributed by atoms with Gasteiger partial charge in [0.05, 0.1) is 11.0 Å². The number of para-hydroxylation sites is 3. The quantitative estimate of drug-likeness (QED) is 0.162. The van der Waals surface area contributed by atoms with Gasteiger partial charge in [0.25, 0.3) is 0 Å². The lowest BCUT2D eigenvalue weighted by Gasteiger charge is -2.19. The molecule has 11 aromatic rings. The second-order valence-electron chi connectivity index (χ2n) is 14.9. The molecule has 0 N–H and O–H groups in total. The highest BCUT2D eigenvalue weighted by Crippen LogP contribution is 2.46. The predicted molar refractivity (Wildman–Crippen MR) is 238 cm³/mol. The van der Waals surface area contributed by atoms with Crippen LogP contribution in [-0.4, -0.2) is 9.55 Å². The molecule has 0 spiro atoms. The van der Waals surface area contributed by atoms with Gasteiger partial charge in [-0.3, -0.25) is 4.57 Å². The Morgan fingerprint density at radius 3 is 1.70 bits per heavy atom. The van der Waals surface area contributed by atoms with Crippen molar-refractivity contribution in [1.29, 1.82) is 0 Å². The Morgan fingerprint density at radius 1 is 0.357 bits per heavy atom. The standard InChI is InChI=1S/C54H36N2/c1-35-19-20-38-24-28-43(33-44(38)31-35)52-46-15-7-8-16-47(46)53(42-27-23-36-11-5-6-12-40(36)32-42)49-34-41(29-30-48(49)52)37-21-25-39(26-22-37)54-55-50-17-9-10-18-51(50)56(54)45-13-3-2-4-14-45/h2-34H,1H3. The van der Waals surface area contributed by atoms with Crippen molar-refractivity contribution < 1.29 is 0 Å². The largest absolute Gasteiger partial charge is 0.292 e. The average molecular weight is 713 g/mol. The van der Waals surface area contributed by atoms with Crippen molar-refractivity contribution in [1.82, 2.24) is 9.55 Å². The normalized spacial score (nSPS) is 11.7. The third-order valence-electron chi connectivity index (χ3n) is 11.4. The lowest BCUT2D eigenvalue weighted by molar-refractivity contribution is 1.10. The summed E-state index contributed by atoms with van der Waals surface area (Å²) in [4.78, 5) is 5.12. The van der Waals surface area contributed by atoms with E-state index < -0.39 is 0 Å². The van der Waals surface area contributed by atoms with Gasteiger partial charge >= 0.3 is 0 Å². The molecule has 0 saturated heterocycles. The van der Waals surface area contributed by atoms with Crippen LogP contribution in [0.3, 0.4) is 0 Å². The molecule has 0 aliphatic heterocycles. The fraction of sp³-hybridized carbons (Fsp3) is 0.0185. The van der Waals surface area contributed by atoms with Crippen LogP contribution in [0.1, 0.15) is 5.56 Å². The second-order valence-corrected chi connectivity index (χ2v) is 14.9. The Labute approximate surface area is 325 Å². The van der Waals surface area contributed by atoms with Gasteiger partial charge in [-0.25, -0.2) is 4.98 Å². The summed E-state index contributed by atoms with van der Waals surface area (Å²) in [6, 6.07) is 73.0. The molecule has 0 radical (unpaired) electrons. The maximum atomic E-state index is 5.12. The molecular weight excluding hydrogens is 677 g/mol. The van der Waals surface area contributed by atoms with E-state index in [1.54, 1.807) is 0 Å². The highest BCUT2D eigenvalue weighted by Gasteiger charge is 2.19. The van der Waals surface area contributed by atoms with Crippen LogP contribution in [0.15, 0.2) is 200 Å². The molecule has 0 amide bonds. The summed E-state index contributed by atoms with van der Waals surface area (Å²) >= 11 is 0. The van der Waals surface area contributed by atoms with Gasteiger partial charge in [0, 0.05) is 11.3 Å². The van der Waals surface area contributed by atoms with Crippen LogP contribution in [-0.2, 0) is 0 Å². The minimum atomic E-state index is 0.933. The summed E-state index contributed by atoms with van der Waals surface area (Å²) in [5, 5.41) is 10.00. The summed E-state index contributed by atoms with van der Waals surface area (Å²) in [7, 11) is 0. The van der Waals surface area contributed by atoms with Gasteiger partial charge in [0.15, 0.2) is 0 Å². The molecular formula is C54H36N2. The smallest absolute Gasteiger partial charge is 0.145 e. The molecule has 0 saturated carbocycles. The minimum absolute atomic E-state index is 0.933. The lowest BCUT2D eigenvalue weighted by Crippen LogP contribution is -1.97. The Morgan fingerprint density at radius 2 is 0.911 bits per heavy atom. The number of rotatable bonds is 5. The Kier molecular flexibility index (Phi) is 7.43. The first-order valence-electron chi connectivity index (χ1n) is 19.3. The van der Waals surface area contributed by atoms with Crippen molar-refractivity contribution in [3.05, 3.63) is 206 Å². The first-order chi connectivity index (χ1) is 27.7. The summed E-state index contributed by atoms with van der Waals surface area (Å²) in [6.07, 6.45) is 0. The van der Waals surface area contributed by atoms with Crippen molar-refractivity contribution in [2.45, 2.75) is 6.92 Å². The third-order valence-corrected chi connectivity index (χ3v) is 11.4. The van der Waals surface area contributed by atoms with E-state index in [1.807, 2.05) is 0 Å². The highest BCUT2D eigenvalue weighted by molar-refractivity contribution is 6.22. The number of fused-ring (bicyclic) bond motifs is 5. The molecule has 262 valence electrons. The first-order valence-corrected chi connectivity index (χ1v) is 19.3. The number of hydrogen-bond donors (Lipinski definition) is 0. The van der Waals surface area contributed by atoms with Crippen LogP contribution >= 0.6 is 0 Å². The molecule has 2 heteroatoms. The summed E-state index contributed by atoms with van der Waals surface area (Å²) < 4.78 is 2.26. The molecule has 0 aliphatic carbocycles. The van der Waals surface area contributed by atoms with Gasteiger partial charge in [0.2, 0.25) is 0 Å². The molecule has 1 heterocycles. The maximum Gasteiger partial charge on any atom is 0.145 e. The van der Waals surface area contributed by atoms with Gasteiger partial charge in [-0.05, 0) is 126 Å². The Balaban J connectivity index is 1.13. The first kappa shape index (κ1) is 32.2. The van der Waals surface area contributed by atoms with Crippen molar-refractivity contribution in [3.8, 4) is 50.5 Å². The van der Waals surface area contributed by atoms with Gasteiger partial charge in [-0.2, -0.15) is 0 Å². The zero-order valence-electron chi connectivity index (χ0n) is 30.9. The van der Waals surface area contributed by atoms with Crippen molar-refractivity contribution in [2.75, 3.05) is 0 Å². The van der Waals surface area contributed by atoms with Gasteiger partial charge in [0.1, 0.15) is 5.82 Å². The van der Waals surface area contributed by atoms with Gasteiger partial charge < -0.3 is 0 Å². The monoisotopic (exact) mass is 712 g/mol. The van der Waals surface area contributed by atoms with E-state index in [1.165, 1.54) is 82.0 Å². The number of nitrogens with zero attached hydrogens (tertiary/aromatic N) is 2. The summed E-state index contributed by atoms with van der Waals surface area (Å²) in [5.41, 5.74) is 12.8. The number of aromatic nitrogens is 2. The summed E-state index contributed by atoms with van der Waals surface area (Å²) in [6.45, 7) is 2.17. The number of benzene rings is 10. The van der Waals surface area contributed by atoms with E-state index in [0.29, 0.717) is 0 Å². The number of aryl methyl sites for hydroxylation is 1. The molecule has 56 heavy (non-hydrogen) atoms. The lowest BCUT2D eigenvalue weighted by atomic mass is 9.84. The van der Waals surface area contributed by atoms with E-state index in [2.05, 4.69) is 212 Å². The molecule has 0 fully saturated rings. The number of imidazole rings is 1. The van der Waals surface area contributed by atoms with E-state index in [0.717, 1.165) is 28.1 Å². The molecule has 11 rings (SSSR count). The summed E-state index contributed by atoms with van der Waals surface area (Å²) in [5.74, 6) is 0.933. The second kappa shape index (κ2) is 12.9. The van der Waals surface area contributed by atoms with Crippen molar-refractivity contribution >= 4 is 54.1 Å². The highest BCUT2D eigenvalue weighted by atomic mass is 15.1. The zero-order chi connectivity index (χ0) is 37.2. The molecule has 0 bridgehead atoms. The van der Waals surface area contributed by atoms with E-state index >= 15 is 0 Å². The van der Waals surface area contributed by atoms with Crippen LogP contribution in [0.25, 0.3) is 105 Å². The fourth-order valence-electron chi connectivity index (χ4n) is 8.72. The minimum Gasteiger partial charge on any atom is -0.292 e. The molecule has 10 aromatic carbocycles. The van der Waals surface area contributed by atoms with Crippen LogP contribution < -0.4 is 0 Å². The van der Waals surface area contributed by atoms with Crippen LogP contribution in [0, 0.1) is 6.92 Å². The molecule has 0 aliphatic rings. The average Bonchev–Trinajstić information content (AvgIpc) is 3.65. The molecule has 0 unspecified atom stereocenters. The predicted octanol–water partition coefficient (Wildman–Crippen LogP) is 14.6. The number of hydrogen-bond acceptors (Lipinski definition) is 1. The molecule has 0 atom stereocenters. The Bertz CT molecular complexity index is 3300. The SMILES string of the molecule is Cc1ccc2ccc(-c3c4ccccc4c(-c4ccc5ccccc5c4)c4cc(-c5ccc(-c6nc7ccccc7n6-c6ccccc6)cc5)ccc34)cc2c1. The van der Waals surface area contributed by atoms with E-state index in [9.17, 15) is 0 Å². The third kappa shape index (κ3) is 5.30. The molecule has 2 nitrogen and oxygen atoms in total. The van der Waals surface area contributed by atoms with Crippen LogP contribution in [0.5, 0.6) is 0 Å². The van der Waals surface area contributed by atoms with Crippen molar-refractivity contribution in [3.63, 3.8) is 0 Å². The zero-order valence-corrected chi connectivity index (χ0v) is 30.9. The van der Waals surface area contributed by atoms with Gasteiger partial charge in [-0.1, -0.05) is 163 Å². The van der Waals surface area contributed by atoms with E-state index in [-0.39, 0.29) is 0 Å². The van der Waals surface area contributed by atoms with Crippen LogP contribution in [0.2, 0.25) is 0 Å². The van der Waals surface area contributed by atoms with Crippen LogP contribution in [0.4, 0.5) is 0 Å². The van der Waals surface area contributed by atoms with E-state index in [4.69, 9.17) is 4.98 Å². The van der Waals surface area contributed by atoms with Crippen molar-refractivity contribution in [2.24, 2.45) is 0 Å². The van der Waals surface area contributed by atoms with Gasteiger partial charge in [-0.15, -0.1) is 0 Å². The Hall–Kier alpha value is -7.29.